The van der Waals surface area contributed by atoms with Gasteiger partial charge in [-0.1, -0.05) is 31.5 Å². The Balaban J connectivity index is 2.19. The Hall–Kier alpha value is -1.84. The summed E-state index contributed by atoms with van der Waals surface area (Å²) in [5, 5.41) is 0. The third kappa shape index (κ3) is 6.03. The summed E-state index contributed by atoms with van der Waals surface area (Å²) in [6, 6.07) is 8.78. The molecule has 1 aromatic carbocycles. The second-order valence-corrected chi connectivity index (χ2v) is 3.86. The largest absolute Gasteiger partial charge is 0.466 e. The Morgan fingerprint density at radius 3 is 2.39 bits per heavy atom. The van der Waals surface area contributed by atoms with Gasteiger partial charge in [-0.2, -0.15) is 0 Å². The predicted molar refractivity (Wildman–Crippen MR) is 67.2 cm³/mol. The van der Waals surface area contributed by atoms with Crippen molar-refractivity contribution in [2.45, 2.75) is 32.6 Å². The number of hydrogen-bond donors (Lipinski definition) is 0. The molecule has 0 radical (unpaired) electrons. The van der Waals surface area contributed by atoms with Crippen molar-refractivity contribution in [2.24, 2.45) is 0 Å². The summed E-state index contributed by atoms with van der Waals surface area (Å²) in [7, 11) is 0. The van der Waals surface area contributed by atoms with E-state index < -0.39 is 5.97 Å². The van der Waals surface area contributed by atoms with Gasteiger partial charge >= 0.3 is 11.9 Å². The van der Waals surface area contributed by atoms with E-state index in [1.54, 1.807) is 24.3 Å². The first kappa shape index (κ1) is 14.2. The lowest BCUT2D eigenvalue weighted by Crippen LogP contribution is -2.12. The zero-order valence-corrected chi connectivity index (χ0v) is 10.6. The molecular weight excluding hydrogens is 232 g/mol. The Kier molecular flexibility index (Phi) is 6.54. The van der Waals surface area contributed by atoms with Crippen LogP contribution in [0.15, 0.2) is 30.3 Å². The fourth-order valence-corrected chi connectivity index (χ4v) is 1.28. The Labute approximate surface area is 107 Å². The molecule has 0 aliphatic carbocycles. The molecule has 0 fully saturated rings. The van der Waals surface area contributed by atoms with E-state index in [4.69, 9.17) is 9.47 Å². The molecule has 0 amide bonds. The number of para-hydroxylation sites is 1. The Bertz CT molecular complexity index is 373. The van der Waals surface area contributed by atoms with E-state index >= 15 is 0 Å². The Morgan fingerprint density at radius 2 is 1.72 bits per heavy atom. The molecule has 1 aromatic rings. The third-order valence-corrected chi connectivity index (χ3v) is 2.27. The van der Waals surface area contributed by atoms with Crippen molar-refractivity contribution in [2.75, 3.05) is 6.61 Å². The van der Waals surface area contributed by atoms with Crippen LogP contribution in [-0.2, 0) is 14.3 Å². The van der Waals surface area contributed by atoms with Gasteiger partial charge in [0.1, 0.15) is 5.75 Å². The number of esters is 2. The van der Waals surface area contributed by atoms with Gasteiger partial charge in [-0.05, 0) is 18.6 Å². The smallest absolute Gasteiger partial charge is 0.311 e. The minimum atomic E-state index is -0.423. The lowest BCUT2D eigenvalue weighted by molar-refractivity contribution is -0.147. The molecule has 0 aromatic heterocycles. The van der Waals surface area contributed by atoms with E-state index in [2.05, 4.69) is 0 Å². The summed E-state index contributed by atoms with van der Waals surface area (Å²) in [6.07, 6.45) is 1.93. The van der Waals surface area contributed by atoms with Crippen LogP contribution in [0.2, 0.25) is 0 Å². The first-order valence-corrected chi connectivity index (χ1v) is 6.13. The molecule has 0 saturated heterocycles. The quantitative estimate of drug-likeness (QED) is 0.424. The molecule has 0 N–H and O–H groups in total. The van der Waals surface area contributed by atoms with Crippen LogP contribution < -0.4 is 4.74 Å². The summed E-state index contributed by atoms with van der Waals surface area (Å²) in [5.74, 6) is -0.288. The minimum absolute atomic E-state index is 0.0415. The first-order valence-electron chi connectivity index (χ1n) is 6.13. The van der Waals surface area contributed by atoms with Crippen molar-refractivity contribution in [3.8, 4) is 5.75 Å². The van der Waals surface area contributed by atoms with Gasteiger partial charge in [-0.25, -0.2) is 0 Å². The summed E-state index contributed by atoms with van der Waals surface area (Å²) in [5.41, 5.74) is 0. The number of carbonyl (C=O) groups is 2. The molecule has 0 spiro atoms. The van der Waals surface area contributed by atoms with E-state index in [0.29, 0.717) is 12.4 Å². The SMILES string of the molecule is CCCCOC(=O)CCC(=O)Oc1ccccc1. The van der Waals surface area contributed by atoms with E-state index in [0.717, 1.165) is 12.8 Å². The monoisotopic (exact) mass is 250 g/mol. The maximum Gasteiger partial charge on any atom is 0.311 e. The highest BCUT2D eigenvalue weighted by Gasteiger charge is 2.09. The topological polar surface area (TPSA) is 52.6 Å². The van der Waals surface area contributed by atoms with Crippen LogP contribution in [0, 0.1) is 0 Å². The average Bonchev–Trinajstić information content (AvgIpc) is 2.38. The van der Waals surface area contributed by atoms with Crippen LogP contribution in [0.3, 0.4) is 0 Å². The van der Waals surface area contributed by atoms with E-state index in [-0.39, 0.29) is 18.8 Å². The number of unbranched alkanes of at least 4 members (excludes halogenated alkanes) is 1. The Morgan fingerprint density at radius 1 is 1.06 bits per heavy atom. The van der Waals surface area contributed by atoms with Gasteiger partial charge in [0.05, 0.1) is 19.4 Å². The summed E-state index contributed by atoms with van der Waals surface area (Å²) >= 11 is 0. The van der Waals surface area contributed by atoms with Crippen LogP contribution in [0.5, 0.6) is 5.75 Å². The maximum absolute atomic E-state index is 11.4. The second kappa shape index (κ2) is 8.28. The average molecular weight is 250 g/mol. The highest BCUT2D eigenvalue weighted by atomic mass is 16.5. The van der Waals surface area contributed by atoms with Crippen LogP contribution in [0.1, 0.15) is 32.6 Å². The van der Waals surface area contributed by atoms with Gasteiger partial charge in [0.2, 0.25) is 0 Å². The highest BCUT2D eigenvalue weighted by molar-refractivity contribution is 5.78. The van der Waals surface area contributed by atoms with Crippen LogP contribution in [0.4, 0.5) is 0 Å². The molecule has 0 unspecified atom stereocenters. The molecule has 0 bridgehead atoms. The molecule has 0 heterocycles. The van der Waals surface area contributed by atoms with E-state index in [9.17, 15) is 9.59 Å². The molecule has 4 nitrogen and oxygen atoms in total. The van der Waals surface area contributed by atoms with Crippen LogP contribution in [0.25, 0.3) is 0 Å². The molecular formula is C14H18O4. The van der Waals surface area contributed by atoms with Crippen LogP contribution >= 0.6 is 0 Å². The van der Waals surface area contributed by atoms with Crippen molar-refractivity contribution in [3.63, 3.8) is 0 Å². The van der Waals surface area contributed by atoms with Gasteiger partial charge in [0.25, 0.3) is 0 Å². The normalized spacial score (nSPS) is 9.83. The van der Waals surface area contributed by atoms with Crippen molar-refractivity contribution in [3.05, 3.63) is 30.3 Å². The molecule has 0 saturated carbocycles. The molecule has 4 heteroatoms. The number of ether oxygens (including phenoxy) is 2. The molecule has 1 rings (SSSR count). The van der Waals surface area contributed by atoms with Crippen molar-refractivity contribution in [1.82, 2.24) is 0 Å². The second-order valence-electron chi connectivity index (χ2n) is 3.86. The van der Waals surface area contributed by atoms with E-state index in [1.807, 2.05) is 13.0 Å². The summed E-state index contributed by atoms with van der Waals surface area (Å²) < 4.78 is 9.98. The van der Waals surface area contributed by atoms with Crippen LogP contribution in [-0.4, -0.2) is 18.5 Å². The maximum atomic E-state index is 11.4. The fourth-order valence-electron chi connectivity index (χ4n) is 1.28. The number of benzene rings is 1. The fraction of sp³-hybridized carbons (Fsp3) is 0.429. The number of carbonyl (C=O) groups excluding carboxylic acids is 2. The molecule has 0 atom stereocenters. The molecule has 0 aliphatic rings. The molecule has 0 aliphatic heterocycles. The van der Waals surface area contributed by atoms with Gasteiger partial charge in [-0.3, -0.25) is 9.59 Å². The van der Waals surface area contributed by atoms with Gasteiger partial charge in [0, 0.05) is 0 Å². The summed E-state index contributed by atoms with van der Waals surface area (Å²) in [6.45, 7) is 2.44. The molecule has 18 heavy (non-hydrogen) atoms. The highest BCUT2D eigenvalue weighted by Crippen LogP contribution is 2.09. The lowest BCUT2D eigenvalue weighted by atomic mass is 10.3. The minimum Gasteiger partial charge on any atom is -0.466 e. The van der Waals surface area contributed by atoms with Crippen molar-refractivity contribution >= 4 is 11.9 Å². The van der Waals surface area contributed by atoms with Gasteiger partial charge in [-0.15, -0.1) is 0 Å². The van der Waals surface area contributed by atoms with E-state index in [1.165, 1.54) is 0 Å². The molecule has 98 valence electrons. The van der Waals surface area contributed by atoms with Crippen molar-refractivity contribution in [1.29, 1.82) is 0 Å². The number of hydrogen-bond acceptors (Lipinski definition) is 4. The van der Waals surface area contributed by atoms with Gasteiger partial charge < -0.3 is 9.47 Å². The predicted octanol–water partition coefficient (Wildman–Crippen LogP) is 2.72. The zero-order valence-electron chi connectivity index (χ0n) is 10.6. The summed E-state index contributed by atoms with van der Waals surface area (Å²) in [4.78, 5) is 22.7. The number of rotatable bonds is 7. The lowest BCUT2D eigenvalue weighted by Gasteiger charge is -2.04. The standard InChI is InChI=1S/C14H18O4/c1-2-3-11-17-13(15)9-10-14(16)18-12-7-5-4-6-8-12/h4-8H,2-3,9-11H2,1H3. The third-order valence-electron chi connectivity index (χ3n) is 2.27. The van der Waals surface area contributed by atoms with Gasteiger partial charge in [0.15, 0.2) is 0 Å². The zero-order chi connectivity index (χ0) is 13.2. The van der Waals surface area contributed by atoms with Crippen molar-refractivity contribution < 1.29 is 19.1 Å². The first-order chi connectivity index (χ1) is 8.72.